The number of halogens is 3. The lowest BCUT2D eigenvalue weighted by molar-refractivity contribution is -0.156. The number of aliphatic hydroxyl groups excluding tert-OH is 1. The summed E-state index contributed by atoms with van der Waals surface area (Å²) in [5.74, 6) is 1.65. The van der Waals surface area contributed by atoms with Gasteiger partial charge in [0.25, 0.3) is 17.7 Å². The number of Topliss-reactive ketones (excluding diaryl/α,β-unsaturated/α-hetero) is 2. The summed E-state index contributed by atoms with van der Waals surface area (Å²) in [7, 11) is 0. The third-order valence-electron chi connectivity index (χ3n) is 21.5. The Balaban J connectivity index is 0.000000206. The van der Waals surface area contributed by atoms with Crippen LogP contribution in [0.15, 0.2) is 146 Å². The summed E-state index contributed by atoms with van der Waals surface area (Å²) in [6.45, 7) is 15.7. The van der Waals surface area contributed by atoms with Gasteiger partial charge in [0.15, 0.2) is 0 Å². The SMILES string of the molecule is C.CC(C)(C)OC(=O)CCc1cccc(C2CCN(C(=O)c3cccc(OCC(O)C4(O)CCC4)c3)CC2)c1.CC(C)(C)OC(=O)NCc1cccc(C2CCN(C(=O)c3cccc(OCC(=O)C4(O)CCC4)c3)CC2)c1.NCc1cccc(C2CCN(C(=O)c3cccc(OCC(=O)C4(O)CCC4)c3)CC2)c1.O=CC(F)(F)F. The molecule has 7 N–H and O–H groups in total. The maximum atomic E-state index is 13.2. The van der Waals surface area contributed by atoms with Crippen molar-refractivity contribution in [2.45, 2.75) is 229 Å². The summed E-state index contributed by atoms with van der Waals surface area (Å²) in [6, 6.07) is 45.8. The molecule has 4 amide bonds. The standard InChI is InChI=1S/C31H41NO6.C30H38N2O6.C25H30N2O4.C2HF3O.CH4/c1-30(2,3)38-28(34)12-11-22-7-4-8-24(19-22)23-13-17-32(18-14-23)29(35)25-9-5-10-26(20-25)37-21-27(33)31(36)15-6-16-31;1-29(2,3)38-28(35)31-19-21-7-4-8-23(17-21)22-11-15-32(16-12-22)27(34)24-9-5-10-25(18-24)37-20-26(33)30(36)13-6-14-30;26-16-18-4-1-5-20(14-18)19-8-12-27(13-9-19)24(29)21-6-2-7-22(15-21)31-17-23(28)25(30)10-3-11-25;3-2(4,5)1-6;/h4-5,7-10,19-20,23,27,33,36H,6,11-18,21H2,1-3H3;4-5,7-10,17-18,22,36H,6,11-16,19-20H2,1-3H3,(H,31,35);1-2,4-7,14-15,19,30H,3,8-13,16-17,26H2;1H;1H4. The number of piperidine rings is 3. The van der Waals surface area contributed by atoms with Crippen molar-refractivity contribution in [2.24, 2.45) is 5.73 Å². The van der Waals surface area contributed by atoms with Gasteiger partial charge in [0, 0.05) is 75.5 Å². The first-order valence-electron chi connectivity index (χ1n) is 39.3. The Kier molecular flexibility index (Phi) is 32.1. The molecule has 114 heavy (non-hydrogen) atoms. The molecule has 0 aromatic heterocycles. The predicted molar refractivity (Wildman–Crippen MR) is 425 cm³/mol. The van der Waals surface area contributed by atoms with Crippen molar-refractivity contribution in [1.29, 1.82) is 0 Å². The first kappa shape index (κ1) is 90.0. The molecule has 0 radical (unpaired) electrons. The highest BCUT2D eigenvalue weighted by atomic mass is 19.4. The van der Waals surface area contributed by atoms with Crippen LogP contribution >= 0.6 is 0 Å². The number of nitrogens with zero attached hydrogens (tertiary/aromatic N) is 3. The molecule has 3 saturated heterocycles. The molecule has 3 aliphatic heterocycles. The van der Waals surface area contributed by atoms with Gasteiger partial charge >= 0.3 is 18.2 Å². The molecule has 3 saturated carbocycles. The molecule has 22 nitrogen and oxygen atoms in total. The topological polar surface area (TPSA) is 311 Å². The van der Waals surface area contributed by atoms with Crippen molar-refractivity contribution >= 4 is 47.6 Å². The maximum absolute atomic E-state index is 13.2. The Labute approximate surface area is 667 Å². The van der Waals surface area contributed by atoms with Gasteiger partial charge in [-0.3, -0.25) is 33.6 Å². The number of ether oxygens (including phenoxy) is 5. The van der Waals surface area contributed by atoms with Crippen LogP contribution in [-0.4, -0.2) is 182 Å². The minimum atomic E-state index is -4.64. The molecule has 25 heteroatoms. The van der Waals surface area contributed by atoms with Gasteiger partial charge in [-0.2, -0.15) is 13.2 Å². The Hall–Kier alpha value is -9.53. The average Bonchev–Trinajstić information content (AvgIpc) is 0.835. The molecule has 12 rings (SSSR count). The van der Waals surface area contributed by atoms with Crippen LogP contribution < -0.4 is 25.3 Å². The van der Waals surface area contributed by atoms with E-state index in [1.54, 1.807) is 72.8 Å². The predicted octanol–water partition coefficient (Wildman–Crippen LogP) is 13.6. The number of nitrogens with two attached hydrogens (primary N) is 1. The largest absolute Gasteiger partial charge is 0.491 e. The second kappa shape index (κ2) is 40.7. The van der Waals surface area contributed by atoms with E-state index in [-0.39, 0.29) is 62.5 Å². The minimum absolute atomic E-state index is 0. The van der Waals surface area contributed by atoms with Crippen molar-refractivity contribution in [3.63, 3.8) is 0 Å². The van der Waals surface area contributed by atoms with Gasteiger partial charge in [-0.25, -0.2) is 4.79 Å². The fourth-order valence-electron chi connectivity index (χ4n) is 14.4. The second-order valence-corrected chi connectivity index (χ2v) is 32.3. The molecule has 6 aliphatic rings. The van der Waals surface area contributed by atoms with Gasteiger partial charge in [0.2, 0.25) is 17.9 Å². The number of rotatable bonds is 24. The highest BCUT2D eigenvalue weighted by Gasteiger charge is 2.44. The van der Waals surface area contributed by atoms with Crippen LogP contribution in [0, 0.1) is 0 Å². The van der Waals surface area contributed by atoms with Crippen molar-refractivity contribution in [3.8, 4) is 17.2 Å². The van der Waals surface area contributed by atoms with Crippen molar-refractivity contribution in [2.75, 3.05) is 59.1 Å². The monoisotopic (exact) mass is 1580 g/mol. The van der Waals surface area contributed by atoms with Gasteiger partial charge in [-0.1, -0.05) is 98.4 Å². The van der Waals surface area contributed by atoms with Crippen LogP contribution in [-0.2, 0) is 48.2 Å². The van der Waals surface area contributed by atoms with E-state index in [2.05, 4.69) is 47.8 Å². The second-order valence-electron chi connectivity index (χ2n) is 32.3. The number of esters is 1. The summed E-state index contributed by atoms with van der Waals surface area (Å²) in [4.78, 5) is 102. The number of likely N-dealkylation sites (tertiary alicyclic amines) is 3. The van der Waals surface area contributed by atoms with Gasteiger partial charge in [-0.05, 0) is 250 Å². The van der Waals surface area contributed by atoms with E-state index in [0.717, 1.165) is 74.5 Å². The smallest absolute Gasteiger partial charge is 0.446 e. The lowest BCUT2D eigenvalue weighted by atomic mass is 9.76. The third-order valence-corrected chi connectivity index (χ3v) is 21.5. The van der Waals surface area contributed by atoms with Crippen molar-refractivity contribution in [1.82, 2.24) is 20.0 Å². The molecule has 0 bridgehead atoms. The van der Waals surface area contributed by atoms with E-state index in [0.29, 0.717) is 155 Å². The van der Waals surface area contributed by atoms with Gasteiger partial charge in [0.1, 0.15) is 65.6 Å². The molecular weight excluding hydrogens is 1470 g/mol. The van der Waals surface area contributed by atoms with Crippen molar-refractivity contribution in [3.05, 3.63) is 196 Å². The minimum Gasteiger partial charge on any atom is -0.491 e. The van der Waals surface area contributed by atoms with E-state index < -0.39 is 52.7 Å². The normalized spacial score (nSPS) is 17.5. The number of aldehydes is 1. The van der Waals surface area contributed by atoms with Gasteiger partial charge in [0.05, 0.1) is 5.60 Å². The summed E-state index contributed by atoms with van der Waals surface area (Å²) in [6.07, 6.45) is 4.97. The van der Waals surface area contributed by atoms with Crippen LogP contribution in [0.4, 0.5) is 18.0 Å². The fraction of sp³-hybridized carbons (Fsp3) is 0.506. The number of ketones is 2. The number of aryl methyl sites for hydroxylation is 1. The fourth-order valence-corrected chi connectivity index (χ4v) is 14.4. The van der Waals surface area contributed by atoms with Crippen LogP contribution in [0.2, 0.25) is 0 Å². The van der Waals surface area contributed by atoms with E-state index in [9.17, 15) is 67.2 Å². The lowest BCUT2D eigenvalue weighted by Gasteiger charge is -2.40. The molecule has 3 aliphatic carbocycles. The van der Waals surface area contributed by atoms with Crippen LogP contribution in [0.3, 0.4) is 0 Å². The molecule has 0 spiro atoms. The van der Waals surface area contributed by atoms with E-state index >= 15 is 0 Å². The number of carbonyl (C=O) groups excluding carboxylic acids is 8. The van der Waals surface area contributed by atoms with Crippen LogP contribution in [0.25, 0.3) is 0 Å². The number of nitrogens with one attached hydrogen (secondary N) is 1. The maximum Gasteiger partial charge on any atom is 0.446 e. The Bertz CT molecular complexity index is 4210. The Morgan fingerprint density at radius 3 is 1.21 bits per heavy atom. The highest BCUT2D eigenvalue weighted by molar-refractivity contribution is 5.96. The molecule has 6 aromatic rings. The number of benzene rings is 6. The average molecular weight is 1580 g/mol. The van der Waals surface area contributed by atoms with Crippen LogP contribution in [0.5, 0.6) is 17.2 Å². The third kappa shape index (κ3) is 26.8. The zero-order chi connectivity index (χ0) is 81.7. The lowest BCUT2D eigenvalue weighted by Crippen LogP contribution is -2.50. The first-order chi connectivity index (χ1) is 53.6. The zero-order valence-electron chi connectivity index (χ0n) is 65.7. The zero-order valence-corrected chi connectivity index (χ0v) is 65.7. The Morgan fingerprint density at radius 2 is 0.860 bits per heavy atom. The molecule has 618 valence electrons. The van der Waals surface area contributed by atoms with Crippen LogP contribution in [0.1, 0.15) is 234 Å². The number of alkyl halides is 3. The number of aliphatic hydroxyl groups is 4. The highest BCUT2D eigenvalue weighted by Crippen LogP contribution is 2.38. The molecule has 1 atom stereocenters. The molecular formula is C89H114F3N5O17. The first-order valence-corrected chi connectivity index (χ1v) is 39.3. The molecule has 6 aromatic carbocycles. The molecule has 3 heterocycles. The van der Waals surface area contributed by atoms with E-state index in [1.807, 2.05) is 86.6 Å². The van der Waals surface area contributed by atoms with Gasteiger partial charge in [-0.15, -0.1) is 0 Å². The molecule has 6 fully saturated rings. The summed E-state index contributed by atoms with van der Waals surface area (Å²) >= 11 is 0. The summed E-state index contributed by atoms with van der Waals surface area (Å²) < 4.78 is 58.9. The van der Waals surface area contributed by atoms with Crippen molar-refractivity contribution < 1.29 is 95.6 Å². The number of amides is 4. The quantitative estimate of drug-likeness (QED) is 0.0242. The summed E-state index contributed by atoms with van der Waals surface area (Å²) in [5.41, 5.74) is 9.88. The number of hydrogen-bond acceptors (Lipinski definition) is 18. The number of hydrogen-bond donors (Lipinski definition) is 6. The van der Waals surface area contributed by atoms with Gasteiger partial charge < -0.3 is 69.9 Å². The number of carbonyl (C=O) groups is 8. The van der Waals surface area contributed by atoms with E-state index in [1.165, 1.54) is 16.7 Å². The van der Waals surface area contributed by atoms with E-state index in [4.69, 9.17) is 34.2 Å². The number of alkyl carbamates (subject to hydrolysis) is 1. The molecule has 1 unspecified atom stereocenters. The summed E-state index contributed by atoms with van der Waals surface area (Å²) in [5, 5.41) is 43.6. The Morgan fingerprint density at radius 1 is 0.509 bits per heavy atom.